The van der Waals surface area contributed by atoms with Crippen LogP contribution in [0.15, 0.2) is 46.9 Å². The van der Waals surface area contributed by atoms with E-state index in [9.17, 15) is 4.79 Å². The van der Waals surface area contributed by atoms with E-state index in [4.69, 9.17) is 4.74 Å². The van der Waals surface area contributed by atoms with Crippen molar-refractivity contribution in [1.82, 2.24) is 0 Å². The van der Waals surface area contributed by atoms with Crippen LogP contribution in [-0.2, 0) is 0 Å². The molecule has 18 heavy (non-hydrogen) atoms. The number of benzene rings is 2. The maximum atomic E-state index is 12.0. The molecule has 0 aliphatic heterocycles. The molecule has 0 unspecified atom stereocenters. The van der Waals surface area contributed by atoms with Gasteiger partial charge in [0.1, 0.15) is 5.75 Å². The van der Waals surface area contributed by atoms with Gasteiger partial charge in [0.15, 0.2) is 0 Å². The summed E-state index contributed by atoms with van der Waals surface area (Å²) in [4.78, 5) is 12.0. The summed E-state index contributed by atoms with van der Waals surface area (Å²) in [5.74, 6) is 0.302. The van der Waals surface area contributed by atoms with Crippen LogP contribution in [0.4, 0.5) is 0 Å². The number of aryl methyl sites for hydroxylation is 2. The third kappa shape index (κ3) is 2.79. The molecule has 0 N–H and O–H groups in total. The van der Waals surface area contributed by atoms with Gasteiger partial charge >= 0.3 is 5.97 Å². The van der Waals surface area contributed by atoms with Crippen molar-refractivity contribution in [3.63, 3.8) is 0 Å². The highest BCUT2D eigenvalue weighted by Gasteiger charge is 2.12. The Morgan fingerprint density at radius 1 is 1.06 bits per heavy atom. The summed E-state index contributed by atoms with van der Waals surface area (Å²) in [6, 6.07) is 12.8. The standard InChI is InChI=1S/C15H13BrO2/c1-10-8-13(16)9-11(2)14(10)18-15(17)12-6-4-3-5-7-12/h3-9H,1-2H3. The van der Waals surface area contributed by atoms with Gasteiger partial charge < -0.3 is 4.74 Å². The zero-order valence-corrected chi connectivity index (χ0v) is 11.8. The minimum absolute atomic E-state index is 0.330. The smallest absolute Gasteiger partial charge is 0.343 e. The van der Waals surface area contributed by atoms with Gasteiger partial charge in [-0.3, -0.25) is 0 Å². The van der Waals surface area contributed by atoms with E-state index in [1.165, 1.54) is 0 Å². The fourth-order valence-corrected chi connectivity index (χ4v) is 2.47. The Morgan fingerprint density at radius 3 is 2.17 bits per heavy atom. The number of carbonyl (C=O) groups excluding carboxylic acids is 1. The molecular formula is C15H13BrO2. The molecule has 0 aliphatic carbocycles. The van der Waals surface area contributed by atoms with Crippen molar-refractivity contribution in [2.75, 3.05) is 0 Å². The molecule has 0 radical (unpaired) electrons. The van der Waals surface area contributed by atoms with Gasteiger partial charge in [-0.15, -0.1) is 0 Å². The highest BCUT2D eigenvalue weighted by atomic mass is 79.9. The van der Waals surface area contributed by atoms with Crippen molar-refractivity contribution in [3.05, 3.63) is 63.6 Å². The maximum Gasteiger partial charge on any atom is 0.343 e. The predicted octanol–water partition coefficient (Wildman–Crippen LogP) is 4.29. The van der Waals surface area contributed by atoms with Crippen LogP contribution >= 0.6 is 15.9 Å². The lowest BCUT2D eigenvalue weighted by Gasteiger charge is -2.11. The molecule has 0 heterocycles. The fraction of sp³-hybridized carbons (Fsp3) is 0.133. The molecule has 0 bridgehead atoms. The summed E-state index contributed by atoms with van der Waals surface area (Å²) < 4.78 is 6.44. The first-order valence-corrected chi connectivity index (χ1v) is 6.41. The molecule has 0 atom stereocenters. The van der Waals surface area contributed by atoms with Crippen LogP contribution in [0.3, 0.4) is 0 Å². The molecule has 2 rings (SSSR count). The molecule has 0 aliphatic rings. The molecular weight excluding hydrogens is 292 g/mol. The van der Waals surface area contributed by atoms with Crippen molar-refractivity contribution in [1.29, 1.82) is 0 Å². The van der Waals surface area contributed by atoms with Crippen LogP contribution in [0.5, 0.6) is 5.75 Å². The monoisotopic (exact) mass is 304 g/mol. The minimum atomic E-state index is -0.330. The Morgan fingerprint density at radius 2 is 1.61 bits per heavy atom. The van der Waals surface area contributed by atoms with E-state index in [2.05, 4.69) is 15.9 Å². The van der Waals surface area contributed by atoms with Crippen molar-refractivity contribution < 1.29 is 9.53 Å². The molecule has 0 aromatic heterocycles. The van der Waals surface area contributed by atoms with Crippen molar-refractivity contribution in [3.8, 4) is 5.75 Å². The zero-order valence-electron chi connectivity index (χ0n) is 10.2. The van der Waals surface area contributed by atoms with E-state index in [1.54, 1.807) is 12.1 Å². The Labute approximate surface area is 115 Å². The second-order valence-electron chi connectivity index (χ2n) is 4.12. The molecule has 2 nitrogen and oxygen atoms in total. The average molecular weight is 305 g/mol. The van der Waals surface area contributed by atoms with E-state index in [-0.39, 0.29) is 5.97 Å². The quantitative estimate of drug-likeness (QED) is 0.611. The lowest BCUT2D eigenvalue weighted by molar-refractivity contribution is 0.0732. The van der Waals surface area contributed by atoms with Gasteiger partial charge in [0.2, 0.25) is 0 Å². The molecule has 2 aromatic rings. The number of ether oxygens (including phenoxy) is 1. The number of hydrogen-bond donors (Lipinski definition) is 0. The van der Waals surface area contributed by atoms with Crippen LogP contribution in [0.25, 0.3) is 0 Å². The van der Waals surface area contributed by atoms with Gasteiger partial charge in [-0.1, -0.05) is 34.1 Å². The molecule has 92 valence electrons. The van der Waals surface area contributed by atoms with E-state index < -0.39 is 0 Å². The van der Waals surface area contributed by atoms with Gasteiger partial charge in [-0.25, -0.2) is 4.79 Å². The number of halogens is 1. The van der Waals surface area contributed by atoms with Crippen molar-refractivity contribution in [2.45, 2.75) is 13.8 Å². The van der Waals surface area contributed by atoms with Gasteiger partial charge in [0.05, 0.1) is 5.56 Å². The fourth-order valence-electron chi connectivity index (χ4n) is 1.78. The lowest BCUT2D eigenvalue weighted by atomic mass is 10.1. The van der Waals surface area contributed by atoms with Crippen LogP contribution in [-0.4, -0.2) is 5.97 Å². The SMILES string of the molecule is Cc1cc(Br)cc(C)c1OC(=O)c1ccccc1. The number of carbonyl (C=O) groups is 1. The zero-order chi connectivity index (χ0) is 13.1. The van der Waals surface area contributed by atoms with E-state index >= 15 is 0 Å². The summed E-state index contributed by atoms with van der Waals surface area (Å²) in [6.45, 7) is 3.84. The number of hydrogen-bond acceptors (Lipinski definition) is 2. The molecule has 0 saturated carbocycles. The highest BCUT2D eigenvalue weighted by Crippen LogP contribution is 2.27. The van der Waals surface area contributed by atoms with Crippen LogP contribution in [0, 0.1) is 13.8 Å². The summed E-state index contributed by atoms with van der Waals surface area (Å²) in [6.07, 6.45) is 0. The molecule has 2 aromatic carbocycles. The largest absolute Gasteiger partial charge is 0.422 e. The summed E-state index contributed by atoms with van der Waals surface area (Å²) in [5.41, 5.74) is 2.43. The molecule has 0 saturated heterocycles. The van der Waals surface area contributed by atoms with Gasteiger partial charge in [0.25, 0.3) is 0 Å². The Balaban J connectivity index is 2.28. The van der Waals surface area contributed by atoms with E-state index in [0.29, 0.717) is 11.3 Å². The summed E-state index contributed by atoms with van der Waals surface area (Å²) in [7, 11) is 0. The third-order valence-corrected chi connectivity index (χ3v) is 3.09. The van der Waals surface area contributed by atoms with Crippen LogP contribution in [0.1, 0.15) is 21.5 Å². The van der Waals surface area contributed by atoms with E-state index in [0.717, 1.165) is 15.6 Å². The highest BCUT2D eigenvalue weighted by molar-refractivity contribution is 9.10. The first-order valence-electron chi connectivity index (χ1n) is 5.62. The van der Waals surface area contributed by atoms with Crippen molar-refractivity contribution >= 4 is 21.9 Å². The van der Waals surface area contributed by atoms with Gasteiger partial charge in [-0.2, -0.15) is 0 Å². The number of esters is 1. The number of rotatable bonds is 2. The van der Waals surface area contributed by atoms with Crippen molar-refractivity contribution in [2.24, 2.45) is 0 Å². The Bertz CT molecular complexity index is 553. The van der Waals surface area contributed by atoms with Gasteiger partial charge in [0, 0.05) is 4.47 Å². The molecule has 0 fully saturated rings. The topological polar surface area (TPSA) is 26.3 Å². The average Bonchev–Trinajstić information content (AvgIpc) is 2.34. The normalized spacial score (nSPS) is 10.2. The maximum absolute atomic E-state index is 12.0. The second kappa shape index (κ2) is 5.36. The first-order chi connectivity index (χ1) is 8.58. The van der Waals surface area contributed by atoms with Gasteiger partial charge in [-0.05, 0) is 49.2 Å². The first kappa shape index (κ1) is 12.8. The lowest BCUT2D eigenvalue weighted by Crippen LogP contribution is -2.10. The van der Waals surface area contributed by atoms with E-state index in [1.807, 2.05) is 44.2 Å². The Hall–Kier alpha value is -1.61. The Kier molecular flexibility index (Phi) is 3.82. The molecule has 0 spiro atoms. The van der Waals surface area contributed by atoms with Crippen LogP contribution < -0.4 is 4.74 Å². The second-order valence-corrected chi connectivity index (χ2v) is 5.04. The summed E-state index contributed by atoms with van der Waals surface area (Å²) in [5, 5.41) is 0. The molecule has 0 amide bonds. The molecule has 3 heteroatoms. The minimum Gasteiger partial charge on any atom is -0.422 e. The predicted molar refractivity (Wildman–Crippen MR) is 75.0 cm³/mol. The third-order valence-electron chi connectivity index (χ3n) is 2.63. The summed E-state index contributed by atoms with van der Waals surface area (Å²) >= 11 is 3.42. The van der Waals surface area contributed by atoms with Crippen LogP contribution in [0.2, 0.25) is 0 Å².